The van der Waals surface area contributed by atoms with Gasteiger partial charge in [0, 0.05) is 20.0 Å². The van der Waals surface area contributed by atoms with Crippen molar-refractivity contribution in [2.45, 2.75) is 27.2 Å². The van der Waals surface area contributed by atoms with Gasteiger partial charge >= 0.3 is 0 Å². The lowest BCUT2D eigenvalue weighted by Crippen LogP contribution is -2.38. The van der Waals surface area contributed by atoms with E-state index in [1.54, 1.807) is 12.0 Å². The van der Waals surface area contributed by atoms with Gasteiger partial charge in [-0.1, -0.05) is 35.9 Å². The van der Waals surface area contributed by atoms with Crippen LogP contribution in [0.1, 0.15) is 23.6 Å². The predicted octanol–water partition coefficient (Wildman–Crippen LogP) is 3.02. The zero-order valence-corrected chi connectivity index (χ0v) is 15.8. The van der Waals surface area contributed by atoms with Gasteiger partial charge in [-0.2, -0.15) is 0 Å². The number of methoxy groups -OCH3 is 1. The number of anilines is 1. The molecule has 0 spiro atoms. The molecule has 2 aromatic rings. The van der Waals surface area contributed by atoms with Crippen molar-refractivity contribution in [3.63, 3.8) is 0 Å². The molecule has 0 fully saturated rings. The number of aryl methyl sites for hydroxylation is 2. The largest absolute Gasteiger partial charge is 0.495 e. The number of rotatable bonds is 7. The highest BCUT2D eigenvalue weighted by atomic mass is 16.5. The van der Waals surface area contributed by atoms with Crippen LogP contribution in [0.15, 0.2) is 42.5 Å². The first-order chi connectivity index (χ1) is 12.4. The van der Waals surface area contributed by atoms with Gasteiger partial charge in [0.1, 0.15) is 5.75 Å². The van der Waals surface area contributed by atoms with Crippen molar-refractivity contribution in [3.8, 4) is 5.75 Å². The number of carbonyl (C=O) groups excluding carboxylic acids is 2. The standard InChI is InChI=1S/C21H26N2O3/c1-15-5-8-18(9-6-15)14-21(25)22-11-12-23(17(3)24)19-13-16(2)7-10-20(19)26-4/h5-10,13H,11-12,14H2,1-4H3,(H,22,25). The van der Waals surface area contributed by atoms with Gasteiger partial charge in [-0.05, 0) is 37.1 Å². The zero-order chi connectivity index (χ0) is 19.1. The Balaban J connectivity index is 1.97. The van der Waals surface area contributed by atoms with E-state index in [-0.39, 0.29) is 11.8 Å². The number of nitrogens with zero attached hydrogens (tertiary/aromatic N) is 1. The van der Waals surface area contributed by atoms with Gasteiger partial charge in [0.2, 0.25) is 11.8 Å². The number of hydrogen-bond donors (Lipinski definition) is 1. The van der Waals surface area contributed by atoms with Crippen LogP contribution in [0.5, 0.6) is 5.75 Å². The molecule has 0 saturated heterocycles. The molecule has 0 aliphatic heterocycles. The molecule has 0 unspecified atom stereocenters. The molecule has 2 amide bonds. The van der Waals surface area contributed by atoms with E-state index in [9.17, 15) is 9.59 Å². The summed E-state index contributed by atoms with van der Waals surface area (Å²) in [5, 5.41) is 2.88. The van der Waals surface area contributed by atoms with Crippen LogP contribution in [0.3, 0.4) is 0 Å². The van der Waals surface area contributed by atoms with E-state index in [1.807, 2.05) is 56.3 Å². The Morgan fingerprint density at radius 1 is 1.04 bits per heavy atom. The molecule has 0 atom stereocenters. The molecule has 0 radical (unpaired) electrons. The monoisotopic (exact) mass is 354 g/mol. The van der Waals surface area contributed by atoms with Crippen LogP contribution in [0.2, 0.25) is 0 Å². The number of benzene rings is 2. The third-order valence-electron chi connectivity index (χ3n) is 4.15. The highest BCUT2D eigenvalue weighted by Gasteiger charge is 2.16. The molecular weight excluding hydrogens is 328 g/mol. The molecular formula is C21H26N2O3. The van der Waals surface area contributed by atoms with Crippen molar-refractivity contribution in [1.82, 2.24) is 5.32 Å². The molecule has 1 N–H and O–H groups in total. The fourth-order valence-corrected chi connectivity index (χ4v) is 2.72. The fourth-order valence-electron chi connectivity index (χ4n) is 2.72. The van der Waals surface area contributed by atoms with Gasteiger partial charge in [0.05, 0.1) is 19.2 Å². The molecule has 26 heavy (non-hydrogen) atoms. The van der Waals surface area contributed by atoms with Gasteiger partial charge in [-0.15, -0.1) is 0 Å². The smallest absolute Gasteiger partial charge is 0.224 e. The van der Waals surface area contributed by atoms with Crippen LogP contribution in [-0.2, 0) is 16.0 Å². The van der Waals surface area contributed by atoms with Gasteiger partial charge in [-0.3, -0.25) is 9.59 Å². The summed E-state index contributed by atoms with van der Waals surface area (Å²) in [6, 6.07) is 13.6. The van der Waals surface area contributed by atoms with Crippen molar-refractivity contribution in [2.75, 3.05) is 25.1 Å². The fraction of sp³-hybridized carbons (Fsp3) is 0.333. The Morgan fingerprint density at radius 3 is 2.31 bits per heavy atom. The third kappa shape index (κ3) is 5.34. The molecule has 2 aromatic carbocycles. The molecule has 0 bridgehead atoms. The second-order valence-electron chi connectivity index (χ2n) is 6.36. The highest BCUT2D eigenvalue weighted by Crippen LogP contribution is 2.29. The molecule has 138 valence electrons. The first-order valence-corrected chi connectivity index (χ1v) is 8.65. The van der Waals surface area contributed by atoms with E-state index in [1.165, 1.54) is 12.5 Å². The summed E-state index contributed by atoms with van der Waals surface area (Å²) < 4.78 is 5.37. The second-order valence-corrected chi connectivity index (χ2v) is 6.36. The zero-order valence-electron chi connectivity index (χ0n) is 15.8. The van der Waals surface area contributed by atoms with Crippen molar-refractivity contribution >= 4 is 17.5 Å². The quantitative estimate of drug-likeness (QED) is 0.831. The maximum atomic E-state index is 12.1. The summed E-state index contributed by atoms with van der Waals surface area (Å²) in [4.78, 5) is 25.8. The minimum absolute atomic E-state index is 0.0615. The first kappa shape index (κ1) is 19.5. The molecule has 5 nitrogen and oxygen atoms in total. The minimum atomic E-state index is -0.0957. The first-order valence-electron chi connectivity index (χ1n) is 8.65. The Labute approximate surface area is 155 Å². The molecule has 5 heteroatoms. The number of nitrogens with one attached hydrogen (secondary N) is 1. The normalized spacial score (nSPS) is 10.3. The van der Waals surface area contributed by atoms with E-state index in [4.69, 9.17) is 4.74 Å². The average molecular weight is 354 g/mol. The van der Waals surface area contributed by atoms with Crippen molar-refractivity contribution in [3.05, 3.63) is 59.2 Å². The molecule has 0 saturated carbocycles. The van der Waals surface area contributed by atoms with Crippen LogP contribution >= 0.6 is 0 Å². The Bertz CT molecular complexity index is 769. The molecule has 0 aliphatic carbocycles. The summed E-state index contributed by atoms with van der Waals surface area (Å²) in [5.41, 5.74) is 3.89. The predicted molar refractivity (Wildman–Crippen MR) is 104 cm³/mol. The third-order valence-corrected chi connectivity index (χ3v) is 4.15. The van der Waals surface area contributed by atoms with Crippen LogP contribution in [0.4, 0.5) is 5.69 Å². The van der Waals surface area contributed by atoms with Crippen LogP contribution in [0, 0.1) is 13.8 Å². The van der Waals surface area contributed by atoms with Crippen molar-refractivity contribution in [1.29, 1.82) is 0 Å². The molecule has 0 heterocycles. The van der Waals surface area contributed by atoms with Crippen molar-refractivity contribution < 1.29 is 14.3 Å². The van der Waals surface area contributed by atoms with Gasteiger partial charge in [0.15, 0.2) is 0 Å². The van der Waals surface area contributed by atoms with Crippen LogP contribution in [0.25, 0.3) is 0 Å². The maximum Gasteiger partial charge on any atom is 0.224 e. The van der Waals surface area contributed by atoms with Gasteiger partial charge < -0.3 is 15.0 Å². The summed E-state index contributed by atoms with van der Waals surface area (Å²) in [6.07, 6.45) is 0.327. The average Bonchev–Trinajstić information content (AvgIpc) is 2.60. The van der Waals surface area contributed by atoms with Crippen molar-refractivity contribution in [2.24, 2.45) is 0 Å². The van der Waals surface area contributed by atoms with E-state index in [2.05, 4.69) is 5.32 Å². The van der Waals surface area contributed by atoms with Crippen LogP contribution < -0.4 is 15.0 Å². The van der Waals surface area contributed by atoms with E-state index in [0.717, 1.165) is 11.1 Å². The summed E-state index contributed by atoms with van der Waals surface area (Å²) in [5.74, 6) is 0.479. The van der Waals surface area contributed by atoms with Gasteiger partial charge in [-0.25, -0.2) is 0 Å². The summed E-state index contributed by atoms with van der Waals surface area (Å²) in [7, 11) is 1.58. The van der Waals surface area contributed by atoms with Crippen LogP contribution in [-0.4, -0.2) is 32.0 Å². The number of carbonyl (C=O) groups is 2. The number of amides is 2. The Kier molecular flexibility index (Phi) is 6.78. The lowest BCUT2D eigenvalue weighted by atomic mass is 10.1. The highest BCUT2D eigenvalue weighted by molar-refractivity contribution is 5.93. The lowest BCUT2D eigenvalue weighted by Gasteiger charge is -2.24. The van der Waals surface area contributed by atoms with Gasteiger partial charge in [0.25, 0.3) is 0 Å². The minimum Gasteiger partial charge on any atom is -0.495 e. The number of hydrogen-bond acceptors (Lipinski definition) is 3. The molecule has 0 aromatic heterocycles. The molecule has 0 aliphatic rings. The summed E-state index contributed by atoms with van der Waals surface area (Å²) in [6.45, 7) is 6.25. The Hall–Kier alpha value is -2.82. The topological polar surface area (TPSA) is 58.6 Å². The van der Waals surface area contributed by atoms with E-state index < -0.39 is 0 Å². The Morgan fingerprint density at radius 2 is 1.69 bits per heavy atom. The lowest BCUT2D eigenvalue weighted by molar-refractivity contribution is -0.121. The maximum absolute atomic E-state index is 12.1. The number of ether oxygens (including phenoxy) is 1. The van der Waals surface area contributed by atoms with E-state index >= 15 is 0 Å². The molecule has 2 rings (SSSR count). The second kappa shape index (κ2) is 9.04. The SMILES string of the molecule is COc1ccc(C)cc1N(CCNC(=O)Cc1ccc(C)cc1)C(C)=O. The summed E-state index contributed by atoms with van der Waals surface area (Å²) >= 11 is 0. The van der Waals surface area contributed by atoms with E-state index in [0.29, 0.717) is 30.9 Å².